The maximum Gasteiger partial charge on any atom is 0.501 e. The molecule has 0 fully saturated rings. The second-order valence-corrected chi connectivity index (χ2v) is 7.65. The lowest BCUT2D eigenvalue weighted by molar-refractivity contribution is -0.0436. The standard InChI is InChI=1S/C18H13F3N2O5S/c1-27-15-8-7-12(29(25,26)18(19,20)21)9-14(15)22-17(24)16-10-13(23-28-16)11-5-3-2-4-6-11/h2-10H,1H3,(H,22,24). The summed E-state index contributed by atoms with van der Waals surface area (Å²) < 4.78 is 71.6. The van der Waals surface area contributed by atoms with Crippen molar-refractivity contribution in [3.63, 3.8) is 0 Å². The number of nitrogens with one attached hydrogen (secondary N) is 1. The average molecular weight is 426 g/mol. The molecule has 0 spiro atoms. The molecule has 0 radical (unpaired) electrons. The van der Waals surface area contributed by atoms with Crippen LogP contribution in [-0.2, 0) is 9.84 Å². The maximum atomic E-state index is 12.8. The molecule has 0 aliphatic carbocycles. The van der Waals surface area contributed by atoms with Crippen molar-refractivity contribution in [3.8, 4) is 17.0 Å². The van der Waals surface area contributed by atoms with E-state index in [4.69, 9.17) is 9.26 Å². The first kappa shape index (κ1) is 20.4. The van der Waals surface area contributed by atoms with Crippen LogP contribution in [-0.4, -0.2) is 32.1 Å². The van der Waals surface area contributed by atoms with Gasteiger partial charge < -0.3 is 14.6 Å². The molecule has 0 atom stereocenters. The molecule has 152 valence electrons. The van der Waals surface area contributed by atoms with Crippen LogP contribution in [0.3, 0.4) is 0 Å². The van der Waals surface area contributed by atoms with E-state index in [-0.39, 0.29) is 17.2 Å². The van der Waals surface area contributed by atoms with E-state index in [1.165, 1.54) is 13.2 Å². The molecule has 0 aliphatic heterocycles. The number of halogens is 3. The fourth-order valence-corrected chi connectivity index (χ4v) is 3.18. The van der Waals surface area contributed by atoms with Gasteiger partial charge in [-0.1, -0.05) is 35.5 Å². The summed E-state index contributed by atoms with van der Waals surface area (Å²) in [5, 5.41) is 6.05. The Morgan fingerprint density at radius 1 is 1.10 bits per heavy atom. The fraction of sp³-hybridized carbons (Fsp3) is 0.111. The minimum atomic E-state index is -5.60. The quantitative estimate of drug-likeness (QED) is 0.665. The molecular formula is C18H13F3N2O5S. The molecule has 7 nitrogen and oxygen atoms in total. The molecule has 29 heavy (non-hydrogen) atoms. The topological polar surface area (TPSA) is 98.5 Å². The van der Waals surface area contributed by atoms with Gasteiger partial charge in [-0.15, -0.1) is 0 Å². The number of sulfone groups is 1. The number of alkyl halides is 3. The van der Waals surface area contributed by atoms with Crippen molar-refractivity contribution < 1.29 is 35.6 Å². The van der Waals surface area contributed by atoms with Crippen molar-refractivity contribution in [3.05, 3.63) is 60.4 Å². The second-order valence-electron chi connectivity index (χ2n) is 5.71. The van der Waals surface area contributed by atoms with E-state index in [9.17, 15) is 26.4 Å². The van der Waals surface area contributed by atoms with Crippen LogP contribution in [0.25, 0.3) is 11.3 Å². The molecule has 3 rings (SSSR count). The third kappa shape index (κ3) is 4.09. The number of benzene rings is 2. The van der Waals surface area contributed by atoms with Crippen LogP contribution < -0.4 is 10.1 Å². The Kier molecular flexibility index (Phi) is 5.33. The minimum Gasteiger partial charge on any atom is -0.495 e. The molecule has 0 bridgehead atoms. The highest BCUT2D eigenvalue weighted by molar-refractivity contribution is 7.92. The Balaban J connectivity index is 1.91. The predicted molar refractivity (Wildman–Crippen MR) is 96.1 cm³/mol. The van der Waals surface area contributed by atoms with E-state index < -0.39 is 26.1 Å². The largest absolute Gasteiger partial charge is 0.501 e. The SMILES string of the molecule is COc1ccc(S(=O)(=O)C(F)(F)F)cc1NC(=O)c1cc(-c2ccccc2)no1. The zero-order valence-electron chi connectivity index (χ0n) is 14.7. The number of anilines is 1. The van der Waals surface area contributed by atoms with Gasteiger partial charge in [-0.2, -0.15) is 13.2 Å². The van der Waals surface area contributed by atoms with Crippen LogP contribution in [0.5, 0.6) is 5.75 Å². The molecule has 1 N–H and O–H groups in total. The number of ether oxygens (including phenoxy) is 1. The van der Waals surface area contributed by atoms with E-state index >= 15 is 0 Å². The van der Waals surface area contributed by atoms with Crippen molar-refractivity contribution in [1.29, 1.82) is 0 Å². The van der Waals surface area contributed by atoms with E-state index in [1.807, 2.05) is 0 Å². The second kappa shape index (κ2) is 7.59. The molecule has 1 aromatic heterocycles. The summed E-state index contributed by atoms with van der Waals surface area (Å²) in [6, 6.07) is 12.6. The molecule has 1 amide bonds. The molecule has 0 saturated carbocycles. The van der Waals surface area contributed by atoms with Gasteiger partial charge in [0.15, 0.2) is 0 Å². The zero-order chi connectivity index (χ0) is 21.2. The van der Waals surface area contributed by atoms with Gasteiger partial charge in [0.1, 0.15) is 11.4 Å². The number of nitrogens with zero attached hydrogens (tertiary/aromatic N) is 1. The van der Waals surface area contributed by atoms with Gasteiger partial charge in [0.25, 0.3) is 15.7 Å². The number of methoxy groups -OCH3 is 1. The van der Waals surface area contributed by atoms with E-state index in [0.717, 1.165) is 12.1 Å². The van der Waals surface area contributed by atoms with Gasteiger partial charge in [-0.3, -0.25) is 4.79 Å². The predicted octanol–water partition coefficient (Wildman–Crippen LogP) is 3.90. The lowest BCUT2D eigenvalue weighted by atomic mass is 10.1. The van der Waals surface area contributed by atoms with Crippen LogP contribution in [0.1, 0.15) is 10.6 Å². The highest BCUT2D eigenvalue weighted by atomic mass is 32.2. The van der Waals surface area contributed by atoms with Crippen molar-refractivity contribution >= 4 is 21.4 Å². The third-order valence-electron chi connectivity index (χ3n) is 3.84. The normalized spacial score (nSPS) is 11.9. The summed E-state index contributed by atoms with van der Waals surface area (Å²) in [7, 11) is -4.39. The molecule has 2 aromatic carbocycles. The van der Waals surface area contributed by atoms with Gasteiger partial charge in [-0.25, -0.2) is 8.42 Å². The smallest absolute Gasteiger partial charge is 0.495 e. The van der Waals surface area contributed by atoms with Gasteiger partial charge >= 0.3 is 5.51 Å². The number of rotatable bonds is 5. The number of aromatic nitrogens is 1. The number of amides is 1. The Morgan fingerprint density at radius 3 is 2.41 bits per heavy atom. The van der Waals surface area contributed by atoms with Crippen LogP contribution in [0.15, 0.2) is 64.0 Å². The third-order valence-corrected chi connectivity index (χ3v) is 5.32. The maximum absolute atomic E-state index is 12.8. The fourth-order valence-electron chi connectivity index (χ4n) is 2.40. The minimum absolute atomic E-state index is 0.0396. The molecular weight excluding hydrogens is 413 g/mol. The number of hydrogen-bond donors (Lipinski definition) is 1. The summed E-state index contributed by atoms with van der Waals surface area (Å²) in [6.45, 7) is 0. The van der Waals surface area contributed by atoms with Gasteiger partial charge in [0.05, 0.1) is 17.7 Å². The van der Waals surface area contributed by atoms with E-state index in [2.05, 4.69) is 10.5 Å². The van der Waals surface area contributed by atoms with Gasteiger partial charge in [0, 0.05) is 11.6 Å². The summed E-state index contributed by atoms with van der Waals surface area (Å²) in [5.41, 5.74) is -4.71. The first-order valence-corrected chi connectivity index (χ1v) is 9.44. The number of hydrogen-bond acceptors (Lipinski definition) is 6. The van der Waals surface area contributed by atoms with Crippen LogP contribution in [0.2, 0.25) is 0 Å². The zero-order valence-corrected chi connectivity index (χ0v) is 15.5. The Morgan fingerprint density at radius 2 is 1.79 bits per heavy atom. The Hall–Kier alpha value is -3.34. The lowest BCUT2D eigenvalue weighted by Crippen LogP contribution is -2.23. The van der Waals surface area contributed by atoms with Gasteiger partial charge in [0.2, 0.25) is 5.76 Å². The van der Waals surface area contributed by atoms with Crippen LogP contribution in [0.4, 0.5) is 18.9 Å². The molecule has 3 aromatic rings. The summed E-state index contributed by atoms with van der Waals surface area (Å²) in [4.78, 5) is 11.4. The first-order valence-electron chi connectivity index (χ1n) is 7.96. The summed E-state index contributed by atoms with van der Waals surface area (Å²) >= 11 is 0. The molecule has 0 saturated heterocycles. The monoisotopic (exact) mass is 426 g/mol. The molecule has 0 unspecified atom stereocenters. The molecule has 1 heterocycles. The molecule has 11 heteroatoms. The van der Waals surface area contributed by atoms with Gasteiger partial charge in [-0.05, 0) is 18.2 Å². The van der Waals surface area contributed by atoms with Crippen LogP contribution >= 0.6 is 0 Å². The Labute approximate surface area is 163 Å². The summed E-state index contributed by atoms with van der Waals surface area (Å²) in [6.07, 6.45) is 0. The number of carbonyl (C=O) groups is 1. The van der Waals surface area contributed by atoms with Crippen LogP contribution in [0, 0.1) is 0 Å². The van der Waals surface area contributed by atoms with E-state index in [0.29, 0.717) is 17.3 Å². The van der Waals surface area contributed by atoms with Crippen molar-refractivity contribution in [1.82, 2.24) is 5.16 Å². The highest BCUT2D eigenvalue weighted by Crippen LogP contribution is 2.35. The number of carbonyl (C=O) groups excluding carboxylic acids is 1. The lowest BCUT2D eigenvalue weighted by Gasteiger charge is -2.13. The molecule has 0 aliphatic rings. The Bertz CT molecular complexity index is 1140. The van der Waals surface area contributed by atoms with Crippen molar-refractivity contribution in [2.24, 2.45) is 0 Å². The first-order chi connectivity index (χ1) is 13.6. The summed E-state index contributed by atoms with van der Waals surface area (Å²) in [5.74, 6) is -1.11. The highest BCUT2D eigenvalue weighted by Gasteiger charge is 2.47. The van der Waals surface area contributed by atoms with Crippen molar-refractivity contribution in [2.45, 2.75) is 10.4 Å². The van der Waals surface area contributed by atoms with E-state index in [1.54, 1.807) is 30.3 Å². The van der Waals surface area contributed by atoms with Crippen molar-refractivity contribution in [2.75, 3.05) is 12.4 Å². The average Bonchev–Trinajstić information content (AvgIpc) is 3.18.